The van der Waals surface area contributed by atoms with E-state index in [2.05, 4.69) is 11.4 Å². The Hall–Kier alpha value is -0.400. The Morgan fingerprint density at radius 3 is 3.00 bits per heavy atom. The van der Waals surface area contributed by atoms with E-state index in [4.69, 9.17) is 11.6 Å². The van der Waals surface area contributed by atoms with Crippen molar-refractivity contribution in [2.45, 2.75) is 12.8 Å². The van der Waals surface area contributed by atoms with Gasteiger partial charge in [0.15, 0.2) is 0 Å². The van der Waals surface area contributed by atoms with Crippen molar-refractivity contribution in [2.75, 3.05) is 11.9 Å². The van der Waals surface area contributed by atoms with Crippen LogP contribution < -0.4 is 5.32 Å². The lowest BCUT2D eigenvalue weighted by Gasteiger charge is -2.17. The molecule has 66 valence electrons. The van der Waals surface area contributed by atoms with E-state index in [1.54, 1.807) is 0 Å². The molecule has 3 heteroatoms. The molecular formula is C9H11Cl2N. The molecule has 0 fully saturated rings. The molecule has 0 bridgehead atoms. The van der Waals surface area contributed by atoms with Crippen LogP contribution in [-0.2, 0) is 6.42 Å². The summed E-state index contributed by atoms with van der Waals surface area (Å²) in [5.41, 5.74) is 2.60. The molecule has 1 N–H and O–H groups in total. The van der Waals surface area contributed by atoms with Crippen LogP contribution in [0.15, 0.2) is 18.2 Å². The van der Waals surface area contributed by atoms with E-state index >= 15 is 0 Å². The zero-order chi connectivity index (χ0) is 7.68. The van der Waals surface area contributed by atoms with Gasteiger partial charge < -0.3 is 5.32 Å². The smallest absolute Gasteiger partial charge is 0.0410 e. The summed E-state index contributed by atoms with van der Waals surface area (Å²) >= 11 is 5.85. The van der Waals surface area contributed by atoms with Crippen LogP contribution in [0.25, 0.3) is 0 Å². The quantitative estimate of drug-likeness (QED) is 0.684. The van der Waals surface area contributed by atoms with E-state index in [0.717, 1.165) is 18.0 Å². The second-order valence-electron chi connectivity index (χ2n) is 2.83. The fourth-order valence-corrected chi connectivity index (χ4v) is 1.64. The molecule has 0 atom stereocenters. The van der Waals surface area contributed by atoms with Gasteiger partial charge in [0, 0.05) is 17.3 Å². The van der Waals surface area contributed by atoms with Crippen molar-refractivity contribution < 1.29 is 0 Å². The zero-order valence-electron chi connectivity index (χ0n) is 6.64. The van der Waals surface area contributed by atoms with E-state index in [-0.39, 0.29) is 12.4 Å². The minimum Gasteiger partial charge on any atom is -0.385 e. The average Bonchev–Trinajstić information content (AvgIpc) is 2.04. The summed E-state index contributed by atoms with van der Waals surface area (Å²) in [6.45, 7) is 1.09. The van der Waals surface area contributed by atoms with Gasteiger partial charge in [0.2, 0.25) is 0 Å². The molecule has 1 aliphatic rings. The van der Waals surface area contributed by atoms with Crippen LogP contribution in [0.2, 0.25) is 5.02 Å². The molecule has 0 saturated carbocycles. The van der Waals surface area contributed by atoms with Crippen molar-refractivity contribution in [2.24, 2.45) is 0 Å². The number of anilines is 1. The summed E-state index contributed by atoms with van der Waals surface area (Å²) in [4.78, 5) is 0. The first-order valence-corrected chi connectivity index (χ1v) is 4.26. The third-order valence-electron chi connectivity index (χ3n) is 2.01. The van der Waals surface area contributed by atoms with Crippen LogP contribution in [0.3, 0.4) is 0 Å². The predicted octanol–water partition coefficient (Wildman–Crippen LogP) is 3.12. The first-order valence-electron chi connectivity index (χ1n) is 3.88. The molecule has 0 saturated heterocycles. The van der Waals surface area contributed by atoms with Crippen LogP contribution in [-0.4, -0.2) is 6.54 Å². The van der Waals surface area contributed by atoms with Crippen LogP contribution in [0.5, 0.6) is 0 Å². The zero-order valence-corrected chi connectivity index (χ0v) is 8.21. The Balaban J connectivity index is 0.000000720. The van der Waals surface area contributed by atoms with Gasteiger partial charge in [0.1, 0.15) is 0 Å². The monoisotopic (exact) mass is 203 g/mol. The fraction of sp³-hybridized carbons (Fsp3) is 0.333. The number of aryl methyl sites for hydroxylation is 1. The molecule has 0 spiro atoms. The summed E-state index contributed by atoms with van der Waals surface area (Å²) in [7, 11) is 0. The highest BCUT2D eigenvalue weighted by Gasteiger charge is 2.07. The Morgan fingerprint density at radius 2 is 2.17 bits per heavy atom. The normalized spacial score (nSPS) is 14.1. The SMILES string of the molecule is Cl.Clc1ccc2c(c1)CCCN2. The highest BCUT2D eigenvalue weighted by Crippen LogP contribution is 2.24. The maximum Gasteiger partial charge on any atom is 0.0410 e. The van der Waals surface area contributed by atoms with Crippen molar-refractivity contribution in [1.29, 1.82) is 0 Å². The molecule has 0 aliphatic carbocycles. The molecule has 1 aliphatic heterocycles. The Morgan fingerprint density at radius 1 is 1.33 bits per heavy atom. The summed E-state index contributed by atoms with van der Waals surface area (Å²) < 4.78 is 0. The molecule has 0 amide bonds. The van der Waals surface area contributed by atoms with E-state index in [9.17, 15) is 0 Å². The summed E-state index contributed by atoms with van der Waals surface area (Å²) in [5, 5.41) is 4.17. The van der Waals surface area contributed by atoms with Gasteiger partial charge in [-0.05, 0) is 36.6 Å². The minimum atomic E-state index is 0. The van der Waals surface area contributed by atoms with Crippen LogP contribution in [0.4, 0.5) is 5.69 Å². The van der Waals surface area contributed by atoms with Gasteiger partial charge in [-0.3, -0.25) is 0 Å². The van der Waals surface area contributed by atoms with Crippen molar-refractivity contribution >= 4 is 29.7 Å². The summed E-state index contributed by atoms with van der Waals surface area (Å²) in [6.07, 6.45) is 2.37. The molecular weight excluding hydrogens is 193 g/mol. The van der Waals surface area contributed by atoms with Gasteiger partial charge in [-0.15, -0.1) is 12.4 Å². The van der Waals surface area contributed by atoms with Gasteiger partial charge in [0.25, 0.3) is 0 Å². The molecule has 2 rings (SSSR count). The van der Waals surface area contributed by atoms with Crippen molar-refractivity contribution in [3.05, 3.63) is 28.8 Å². The highest BCUT2D eigenvalue weighted by atomic mass is 35.5. The van der Waals surface area contributed by atoms with Crippen LogP contribution in [0, 0.1) is 0 Å². The molecule has 1 aromatic rings. The molecule has 1 aromatic carbocycles. The number of rotatable bonds is 0. The maximum atomic E-state index is 5.85. The molecule has 0 aromatic heterocycles. The fourth-order valence-electron chi connectivity index (χ4n) is 1.44. The Kier molecular flexibility index (Phi) is 3.24. The second kappa shape index (κ2) is 4.01. The molecule has 0 radical (unpaired) electrons. The van der Waals surface area contributed by atoms with E-state index in [0.29, 0.717) is 0 Å². The summed E-state index contributed by atoms with van der Waals surface area (Å²) in [6, 6.07) is 6.03. The lowest BCUT2D eigenvalue weighted by molar-refractivity contribution is 0.830. The van der Waals surface area contributed by atoms with Gasteiger partial charge >= 0.3 is 0 Å². The predicted molar refractivity (Wildman–Crippen MR) is 55.5 cm³/mol. The number of nitrogens with one attached hydrogen (secondary N) is 1. The van der Waals surface area contributed by atoms with Crippen molar-refractivity contribution in [1.82, 2.24) is 0 Å². The largest absolute Gasteiger partial charge is 0.385 e. The standard InChI is InChI=1S/C9H10ClN.ClH/c10-8-3-4-9-7(6-8)2-1-5-11-9;/h3-4,6,11H,1-2,5H2;1H. The second-order valence-corrected chi connectivity index (χ2v) is 3.27. The molecule has 0 unspecified atom stereocenters. The third-order valence-corrected chi connectivity index (χ3v) is 2.24. The third kappa shape index (κ3) is 1.85. The maximum absolute atomic E-state index is 5.85. The number of fused-ring (bicyclic) bond motifs is 1. The van der Waals surface area contributed by atoms with Gasteiger partial charge in [-0.25, -0.2) is 0 Å². The van der Waals surface area contributed by atoms with Crippen LogP contribution in [0.1, 0.15) is 12.0 Å². The lowest BCUT2D eigenvalue weighted by atomic mass is 10.0. The highest BCUT2D eigenvalue weighted by molar-refractivity contribution is 6.30. The summed E-state index contributed by atoms with van der Waals surface area (Å²) in [5.74, 6) is 0. The Bertz CT molecular complexity index is 273. The van der Waals surface area contributed by atoms with Gasteiger partial charge in [0.05, 0.1) is 0 Å². The van der Waals surface area contributed by atoms with Gasteiger partial charge in [-0.1, -0.05) is 11.6 Å². The number of halogens is 2. The van der Waals surface area contributed by atoms with Crippen molar-refractivity contribution in [3.8, 4) is 0 Å². The van der Waals surface area contributed by atoms with E-state index in [1.807, 2.05) is 12.1 Å². The minimum absolute atomic E-state index is 0. The Labute approximate surface area is 83.5 Å². The average molecular weight is 204 g/mol. The van der Waals surface area contributed by atoms with Gasteiger partial charge in [-0.2, -0.15) is 0 Å². The molecule has 12 heavy (non-hydrogen) atoms. The van der Waals surface area contributed by atoms with E-state index in [1.165, 1.54) is 17.7 Å². The lowest BCUT2D eigenvalue weighted by Crippen LogP contribution is -2.11. The topological polar surface area (TPSA) is 12.0 Å². The first-order chi connectivity index (χ1) is 5.36. The first kappa shape index (κ1) is 9.69. The number of benzene rings is 1. The van der Waals surface area contributed by atoms with Crippen LogP contribution >= 0.6 is 24.0 Å². The van der Waals surface area contributed by atoms with Crippen molar-refractivity contribution in [3.63, 3.8) is 0 Å². The van der Waals surface area contributed by atoms with E-state index < -0.39 is 0 Å². The molecule has 1 heterocycles. The molecule has 1 nitrogen and oxygen atoms in total. The number of hydrogen-bond acceptors (Lipinski definition) is 1. The number of hydrogen-bond donors (Lipinski definition) is 1.